The fourth-order valence-corrected chi connectivity index (χ4v) is 2.46. The number of rotatable bonds is 2. The van der Waals surface area contributed by atoms with E-state index in [-0.39, 0.29) is 18.0 Å². The molecule has 2 unspecified atom stereocenters. The molecule has 2 nitrogen and oxygen atoms in total. The highest BCUT2D eigenvalue weighted by Gasteiger charge is 2.22. The molecule has 0 aromatic heterocycles. The van der Waals surface area contributed by atoms with E-state index in [0.29, 0.717) is 5.69 Å². The summed E-state index contributed by atoms with van der Waals surface area (Å²) >= 11 is 0. The van der Waals surface area contributed by atoms with Crippen LogP contribution in [-0.2, 0) is 0 Å². The third-order valence-electron chi connectivity index (χ3n) is 3.53. The van der Waals surface area contributed by atoms with E-state index in [4.69, 9.17) is 0 Å². The van der Waals surface area contributed by atoms with E-state index in [2.05, 4.69) is 5.32 Å². The van der Waals surface area contributed by atoms with E-state index in [9.17, 15) is 9.50 Å². The largest absolute Gasteiger partial charge is 0.391 e. The Hall–Kier alpha value is -1.09. The van der Waals surface area contributed by atoms with Crippen molar-refractivity contribution >= 4 is 5.69 Å². The fraction of sp³-hybridized carbons (Fsp3) is 0.571. The summed E-state index contributed by atoms with van der Waals surface area (Å²) in [5.41, 5.74) is 1.43. The number of benzene rings is 1. The van der Waals surface area contributed by atoms with Gasteiger partial charge in [0.05, 0.1) is 17.8 Å². The van der Waals surface area contributed by atoms with Gasteiger partial charge in [0, 0.05) is 0 Å². The van der Waals surface area contributed by atoms with Crippen LogP contribution in [0.15, 0.2) is 18.2 Å². The Morgan fingerprint density at radius 1 is 1.24 bits per heavy atom. The highest BCUT2D eigenvalue weighted by atomic mass is 19.1. The summed E-state index contributed by atoms with van der Waals surface area (Å²) in [5, 5.41) is 13.2. The molecule has 0 aliphatic heterocycles. The number of halogens is 1. The molecule has 0 bridgehead atoms. The van der Waals surface area contributed by atoms with Crippen molar-refractivity contribution in [3.05, 3.63) is 29.6 Å². The first-order chi connectivity index (χ1) is 8.18. The van der Waals surface area contributed by atoms with Crippen LogP contribution in [0.2, 0.25) is 0 Å². The van der Waals surface area contributed by atoms with Gasteiger partial charge in [-0.05, 0) is 31.4 Å². The Morgan fingerprint density at radius 2 is 2.00 bits per heavy atom. The highest BCUT2D eigenvalue weighted by Crippen LogP contribution is 2.25. The first-order valence-corrected chi connectivity index (χ1v) is 6.38. The normalized spacial score (nSPS) is 25.4. The minimum atomic E-state index is -0.364. The molecule has 0 radical (unpaired) electrons. The van der Waals surface area contributed by atoms with Gasteiger partial charge in [0.2, 0.25) is 0 Å². The van der Waals surface area contributed by atoms with Gasteiger partial charge in [0.15, 0.2) is 0 Å². The van der Waals surface area contributed by atoms with Gasteiger partial charge in [-0.1, -0.05) is 31.4 Å². The van der Waals surface area contributed by atoms with Crippen LogP contribution >= 0.6 is 0 Å². The molecule has 17 heavy (non-hydrogen) atoms. The maximum atomic E-state index is 13.7. The third-order valence-corrected chi connectivity index (χ3v) is 3.53. The van der Waals surface area contributed by atoms with E-state index < -0.39 is 0 Å². The Bertz CT molecular complexity index is 360. The molecular formula is C14H20FNO. The molecule has 2 rings (SSSR count). The van der Waals surface area contributed by atoms with E-state index in [1.807, 2.05) is 13.0 Å². The van der Waals surface area contributed by atoms with Crippen LogP contribution < -0.4 is 5.32 Å². The number of para-hydroxylation sites is 1. The lowest BCUT2D eigenvalue weighted by atomic mass is 10.0. The number of aliphatic hydroxyl groups excluding tert-OH is 1. The molecule has 1 saturated carbocycles. The van der Waals surface area contributed by atoms with E-state index >= 15 is 0 Å². The molecule has 1 aromatic carbocycles. The predicted octanol–water partition coefficient (Wildman–Crippen LogP) is 3.24. The quantitative estimate of drug-likeness (QED) is 0.774. The van der Waals surface area contributed by atoms with Gasteiger partial charge < -0.3 is 10.4 Å². The molecule has 1 aromatic rings. The lowest BCUT2D eigenvalue weighted by Gasteiger charge is -2.24. The number of hydrogen-bond acceptors (Lipinski definition) is 2. The summed E-state index contributed by atoms with van der Waals surface area (Å²) in [4.78, 5) is 0. The van der Waals surface area contributed by atoms with Crippen LogP contribution in [0.25, 0.3) is 0 Å². The molecule has 3 heteroatoms. The second-order valence-corrected chi connectivity index (χ2v) is 4.89. The van der Waals surface area contributed by atoms with Crippen LogP contribution in [0.5, 0.6) is 0 Å². The van der Waals surface area contributed by atoms with Crippen LogP contribution in [0.3, 0.4) is 0 Å². The Kier molecular flexibility index (Phi) is 4.00. The summed E-state index contributed by atoms with van der Waals surface area (Å²) in [7, 11) is 0. The maximum Gasteiger partial charge on any atom is 0.146 e. The minimum absolute atomic E-state index is 0.0203. The van der Waals surface area contributed by atoms with Crippen molar-refractivity contribution in [2.45, 2.75) is 51.2 Å². The second-order valence-electron chi connectivity index (χ2n) is 4.89. The van der Waals surface area contributed by atoms with Gasteiger partial charge in [0.25, 0.3) is 0 Å². The summed E-state index contributed by atoms with van der Waals surface area (Å²) in [6, 6.07) is 5.03. The van der Waals surface area contributed by atoms with E-state index in [0.717, 1.165) is 37.7 Å². The number of aliphatic hydroxyl groups is 1. The van der Waals surface area contributed by atoms with E-state index in [1.54, 1.807) is 6.07 Å². The zero-order valence-electron chi connectivity index (χ0n) is 10.2. The van der Waals surface area contributed by atoms with E-state index in [1.165, 1.54) is 6.07 Å². The Balaban J connectivity index is 2.13. The molecule has 2 N–H and O–H groups in total. The molecule has 2 atom stereocenters. The summed E-state index contributed by atoms with van der Waals surface area (Å²) in [5.74, 6) is -0.235. The monoisotopic (exact) mass is 237 g/mol. The van der Waals surface area contributed by atoms with Crippen molar-refractivity contribution < 1.29 is 9.50 Å². The molecule has 0 saturated heterocycles. The van der Waals surface area contributed by atoms with Gasteiger partial charge in [-0.15, -0.1) is 0 Å². The maximum absolute atomic E-state index is 13.7. The lowest BCUT2D eigenvalue weighted by molar-refractivity contribution is 0.144. The first-order valence-electron chi connectivity index (χ1n) is 6.38. The van der Waals surface area contributed by atoms with Gasteiger partial charge in [-0.3, -0.25) is 0 Å². The first kappa shape index (κ1) is 12.4. The molecule has 94 valence electrons. The lowest BCUT2D eigenvalue weighted by Crippen LogP contribution is -2.33. The van der Waals surface area contributed by atoms with Gasteiger partial charge in [-0.25, -0.2) is 4.39 Å². The predicted molar refractivity (Wildman–Crippen MR) is 67.6 cm³/mol. The van der Waals surface area contributed by atoms with Crippen molar-refractivity contribution in [3.63, 3.8) is 0 Å². The SMILES string of the molecule is Cc1cccc(F)c1NC1CCCCCC1O. The number of anilines is 1. The van der Waals surface area contributed by atoms with Crippen LogP contribution in [-0.4, -0.2) is 17.3 Å². The number of aryl methyl sites for hydroxylation is 1. The summed E-state index contributed by atoms with van der Waals surface area (Å²) in [6.45, 7) is 1.88. The van der Waals surface area contributed by atoms with Crippen molar-refractivity contribution in [2.75, 3.05) is 5.32 Å². The molecule has 1 fully saturated rings. The van der Waals surface area contributed by atoms with Crippen molar-refractivity contribution in [1.82, 2.24) is 0 Å². The van der Waals surface area contributed by atoms with Crippen molar-refractivity contribution in [1.29, 1.82) is 0 Å². The standard InChI is InChI=1S/C14H20FNO/c1-10-6-5-7-11(15)14(10)16-12-8-3-2-4-9-13(12)17/h5-7,12-13,16-17H,2-4,8-9H2,1H3. The average Bonchev–Trinajstić information content (AvgIpc) is 2.49. The topological polar surface area (TPSA) is 32.3 Å². The molecule has 0 amide bonds. The summed E-state index contributed by atoms with van der Waals surface area (Å²) < 4.78 is 13.7. The molecule has 0 spiro atoms. The minimum Gasteiger partial charge on any atom is -0.391 e. The Labute approximate surface area is 102 Å². The second kappa shape index (κ2) is 5.50. The molecule has 0 heterocycles. The average molecular weight is 237 g/mol. The molecular weight excluding hydrogens is 217 g/mol. The van der Waals surface area contributed by atoms with Crippen LogP contribution in [0.1, 0.15) is 37.7 Å². The van der Waals surface area contributed by atoms with Gasteiger partial charge >= 0.3 is 0 Å². The third kappa shape index (κ3) is 2.97. The van der Waals surface area contributed by atoms with Gasteiger partial charge in [-0.2, -0.15) is 0 Å². The molecule has 1 aliphatic rings. The van der Waals surface area contributed by atoms with Crippen molar-refractivity contribution in [2.24, 2.45) is 0 Å². The van der Waals surface area contributed by atoms with Crippen molar-refractivity contribution in [3.8, 4) is 0 Å². The smallest absolute Gasteiger partial charge is 0.146 e. The Morgan fingerprint density at radius 3 is 2.76 bits per heavy atom. The zero-order valence-corrected chi connectivity index (χ0v) is 10.2. The summed E-state index contributed by atoms with van der Waals surface area (Å²) in [6.07, 6.45) is 4.68. The van der Waals surface area contributed by atoms with Crippen LogP contribution in [0, 0.1) is 12.7 Å². The molecule has 1 aliphatic carbocycles. The number of hydrogen-bond donors (Lipinski definition) is 2. The highest BCUT2D eigenvalue weighted by molar-refractivity contribution is 5.52. The van der Waals surface area contributed by atoms with Crippen LogP contribution in [0.4, 0.5) is 10.1 Å². The zero-order chi connectivity index (χ0) is 12.3. The number of nitrogens with one attached hydrogen (secondary N) is 1. The van der Waals surface area contributed by atoms with Gasteiger partial charge in [0.1, 0.15) is 5.82 Å². The fourth-order valence-electron chi connectivity index (χ4n) is 2.46.